The predicted molar refractivity (Wildman–Crippen MR) is 132 cm³/mol. The molecule has 3 heterocycles. The van der Waals surface area contributed by atoms with Crippen LogP contribution in [0.15, 0.2) is 52.7 Å². The first-order chi connectivity index (χ1) is 16.5. The van der Waals surface area contributed by atoms with Crippen LogP contribution >= 0.6 is 11.6 Å². The quantitative estimate of drug-likeness (QED) is 0.462. The van der Waals surface area contributed by atoms with E-state index < -0.39 is 10.0 Å². The average molecular weight is 516 g/mol. The molecule has 1 aromatic carbocycles. The lowest BCUT2D eigenvalue weighted by Crippen LogP contribution is -2.41. The Balaban J connectivity index is 1.75. The fraction of sp³-hybridized carbons (Fsp3) is 0.348. The van der Waals surface area contributed by atoms with E-state index >= 15 is 0 Å². The van der Waals surface area contributed by atoms with E-state index in [2.05, 4.69) is 20.6 Å². The zero-order chi connectivity index (χ0) is 25.3. The van der Waals surface area contributed by atoms with Gasteiger partial charge in [0.25, 0.3) is 0 Å². The molecule has 1 saturated heterocycles. The number of carbonyl (C=O) groups excluding carboxylic acids is 1. The molecule has 35 heavy (non-hydrogen) atoms. The molecule has 0 amide bonds. The Morgan fingerprint density at radius 2 is 1.31 bits per heavy atom. The standard InChI is InChI=1S/C23H26ClN7O3S/c1-15(2)30-13-20(25-27-30)9-17-11-29(35(33,34)22-7-5-19(24)6-8-22)12-18(23(17)32)10-21-14-31(16(3)4)28-26-21/h5-10,13-16H,11-12H2,1-4H3. The fourth-order valence-corrected chi connectivity index (χ4v) is 5.03. The van der Waals surface area contributed by atoms with Crippen molar-refractivity contribution in [3.63, 3.8) is 0 Å². The summed E-state index contributed by atoms with van der Waals surface area (Å²) in [6.45, 7) is 7.64. The number of carbonyl (C=O) groups is 1. The second kappa shape index (κ2) is 9.84. The maximum absolute atomic E-state index is 13.4. The summed E-state index contributed by atoms with van der Waals surface area (Å²) in [5.41, 5.74) is 1.51. The number of rotatable bonds is 6. The summed E-state index contributed by atoms with van der Waals surface area (Å²) in [6.07, 6.45) is 6.59. The van der Waals surface area contributed by atoms with Crippen LogP contribution in [0.1, 0.15) is 51.2 Å². The number of benzene rings is 1. The number of Topliss-reactive ketones (excluding diaryl/α,β-unsaturated/α-hetero) is 1. The lowest BCUT2D eigenvalue weighted by molar-refractivity contribution is -0.113. The molecular weight excluding hydrogens is 490 g/mol. The molecule has 10 nitrogen and oxygen atoms in total. The molecule has 184 valence electrons. The van der Waals surface area contributed by atoms with Gasteiger partial charge in [-0.15, -0.1) is 10.2 Å². The highest BCUT2D eigenvalue weighted by Gasteiger charge is 2.34. The number of hydrogen-bond acceptors (Lipinski definition) is 7. The number of aromatic nitrogens is 6. The lowest BCUT2D eigenvalue weighted by atomic mass is 9.97. The smallest absolute Gasteiger partial charge is 0.243 e. The minimum Gasteiger partial charge on any atom is -0.289 e. The number of ketones is 1. The highest BCUT2D eigenvalue weighted by molar-refractivity contribution is 7.89. The summed E-state index contributed by atoms with van der Waals surface area (Å²) >= 11 is 5.94. The Bertz CT molecular complexity index is 1330. The maximum Gasteiger partial charge on any atom is 0.243 e. The van der Waals surface area contributed by atoms with Crippen LogP contribution in [-0.4, -0.2) is 61.6 Å². The molecule has 1 aliphatic heterocycles. The van der Waals surface area contributed by atoms with Crippen molar-refractivity contribution in [2.75, 3.05) is 13.1 Å². The van der Waals surface area contributed by atoms with Crippen molar-refractivity contribution in [3.05, 3.63) is 64.2 Å². The van der Waals surface area contributed by atoms with Crippen molar-refractivity contribution >= 4 is 39.6 Å². The molecule has 0 saturated carbocycles. The lowest BCUT2D eigenvalue weighted by Gasteiger charge is -2.29. The molecular formula is C23H26ClN7O3S. The zero-order valence-corrected chi connectivity index (χ0v) is 21.4. The van der Waals surface area contributed by atoms with Crippen LogP contribution in [0, 0.1) is 0 Å². The third-order valence-corrected chi connectivity index (χ3v) is 7.54. The largest absolute Gasteiger partial charge is 0.289 e. The second-order valence-electron chi connectivity index (χ2n) is 8.83. The number of piperidine rings is 1. The number of halogens is 1. The topological polar surface area (TPSA) is 116 Å². The van der Waals surface area contributed by atoms with Crippen LogP contribution in [0.4, 0.5) is 0 Å². The summed E-state index contributed by atoms with van der Waals surface area (Å²) in [4.78, 5) is 13.5. The molecule has 0 atom stereocenters. The van der Waals surface area contributed by atoms with E-state index in [-0.39, 0.29) is 47.0 Å². The number of nitrogens with zero attached hydrogens (tertiary/aromatic N) is 7. The highest BCUT2D eigenvalue weighted by atomic mass is 35.5. The monoisotopic (exact) mass is 515 g/mol. The van der Waals surface area contributed by atoms with Crippen molar-refractivity contribution < 1.29 is 13.2 Å². The van der Waals surface area contributed by atoms with Crippen LogP contribution in [-0.2, 0) is 14.8 Å². The van der Waals surface area contributed by atoms with Crippen LogP contribution in [0.3, 0.4) is 0 Å². The Kier molecular flexibility index (Phi) is 7.02. The second-order valence-corrected chi connectivity index (χ2v) is 11.2. The first-order valence-electron chi connectivity index (χ1n) is 11.1. The molecule has 0 bridgehead atoms. The average Bonchev–Trinajstić information content (AvgIpc) is 3.46. The molecule has 12 heteroatoms. The fourth-order valence-electron chi connectivity index (χ4n) is 3.51. The van der Waals surface area contributed by atoms with E-state index in [0.29, 0.717) is 16.4 Å². The maximum atomic E-state index is 13.4. The first-order valence-corrected chi connectivity index (χ1v) is 12.9. The van der Waals surface area contributed by atoms with Crippen LogP contribution in [0.5, 0.6) is 0 Å². The number of hydrogen-bond donors (Lipinski definition) is 0. The summed E-state index contributed by atoms with van der Waals surface area (Å²) < 4.78 is 31.5. The Hall–Kier alpha value is -3.15. The molecule has 3 aromatic rings. The van der Waals surface area contributed by atoms with Gasteiger partial charge in [0.15, 0.2) is 5.78 Å². The molecule has 1 aliphatic rings. The van der Waals surface area contributed by atoms with Gasteiger partial charge in [-0.2, -0.15) is 4.31 Å². The summed E-state index contributed by atoms with van der Waals surface area (Å²) in [5, 5.41) is 16.8. The first kappa shape index (κ1) is 25.0. The summed E-state index contributed by atoms with van der Waals surface area (Å²) in [7, 11) is -3.91. The molecule has 2 aromatic heterocycles. The highest BCUT2D eigenvalue weighted by Crippen LogP contribution is 2.27. The van der Waals surface area contributed by atoms with Gasteiger partial charge in [-0.25, -0.2) is 17.8 Å². The van der Waals surface area contributed by atoms with Gasteiger partial charge in [-0.05, 0) is 64.1 Å². The zero-order valence-electron chi connectivity index (χ0n) is 19.8. The molecule has 0 aliphatic carbocycles. The van der Waals surface area contributed by atoms with E-state index in [1.165, 1.54) is 28.6 Å². The number of sulfonamides is 1. The van der Waals surface area contributed by atoms with Crippen molar-refractivity contribution in [2.45, 2.75) is 44.7 Å². The van der Waals surface area contributed by atoms with Crippen molar-refractivity contribution in [1.29, 1.82) is 0 Å². The van der Waals surface area contributed by atoms with Crippen LogP contribution < -0.4 is 0 Å². The van der Waals surface area contributed by atoms with Gasteiger partial charge in [0.1, 0.15) is 11.4 Å². The van der Waals surface area contributed by atoms with E-state index in [1.54, 1.807) is 33.9 Å². The summed E-state index contributed by atoms with van der Waals surface area (Å²) in [5.74, 6) is -0.272. The van der Waals surface area contributed by atoms with E-state index in [4.69, 9.17) is 11.6 Å². The van der Waals surface area contributed by atoms with Crippen LogP contribution in [0.25, 0.3) is 12.2 Å². The third kappa shape index (κ3) is 5.42. The minimum absolute atomic E-state index is 0.0893. The minimum atomic E-state index is -3.91. The van der Waals surface area contributed by atoms with E-state index in [1.807, 2.05) is 27.7 Å². The van der Waals surface area contributed by atoms with Crippen molar-refractivity contribution in [1.82, 2.24) is 34.3 Å². The van der Waals surface area contributed by atoms with E-state index in [0.717, 1.165) is 0 Å². The van der Waals surface area contributed by atoms with Gasteiger partial charge in [0.2, 0.25) is 10.0 Å². The summed E-state index contributed by atoms with van der Waals surface area (Å²) in [6, 6.07) is 6.12. The molecule has 0 radical (unpaired) electrons. The molecule has 0 spiro atoms. The van der Waals surface area contributed by atoms with E-state index in [9.17, 15) is 13.2 Å². The normalized spacial score (nSPS) is 17.9. The molecule has 0 unspecified atom stereocenters. The third-order valence-electron chi connectivity index (χ3n) is 5.49. The van der Waals surface area contributed by atoms with Gasteiger partial charge in [-0.1, -0.05) is 22.0 Å². The van der Waals surface area contributed by atoms with Crippen molar-refractivity contribution in [2.24, 2.45) is 0 Å². The molecule has 4 rings (SSSR count). The van der Waals surface area contributed by atoms with Gasteiger partial charge in [-0.3, -0.25) is 4.79 Å². The van der Waals surface area contributed by atoms with Gasteiger partial charge >= 0.3 is 0 Å². The van der Waals surface area contributed by atoms with Crippen molar-refractivity contribution in [3.8, 4) is 0 Å². The van der Waals surface area contributed by atoms with Gasteiger partial charge in [0.05, 0.1) is 17.3 Å². The van der Waals surface area contributed by atoms with Gasteiger partial charge in [0, 0.05) is 41.3 Å². The SMILES string of the molecule is CC(C)n1cc(C=C2CN(S(=O)(=O)c3ccc(Cl)cc3)CC(=Cc3cn(C(C)C)nn3)C2=O)nn1. The van der Waals surface area contributed by atoms with Crippen LogP contribution in [0.2, 0.25) is 5.02 Å². The Morgan fingerprint density at radius 3 is 1.71 bits per heavy atom. The predicted octanol–water partition coefficient (Wildman–Crippen LogP) is 3.43. The Labute approximate surface area is 208 Å². The Morgan fingerprint density at radius 1 is 0.857 bits per heavy atom. The van der Waals surface area contributed by atoms with Gasteiger partial charge < -0.3 is 0 Å². The molecule has 0 N–H and O–H groups in total. The molecule has 1 fully saturated rings.